The van der Waals surface area contributed by atoms with E-state index < -0.39 is 0 Å². The fourth-order valence-corrected chi connectivity index (χ4v) is 1.56. The van der Waals surface area contributed by atoms with Crippen LogP contribution >= 0.6 is 11.8 Å². The topological polar surface area (TPSA) is 60.5 Å². The number of pyridine rings is 1. The third-order valence-electron chi connectivity index (χ3n) is 1.33. The molecule has 0 bridgehead atoms. The maximum Gasteiger partial charge on any atom is 0.141 e. The van der Waals surface area contributed by atoms with Crippen molar-refractivity contribution in [3.05, 3.63) is 24.0 Å². The van der Waals surface area contributed by atoms with Gasteiger partial charge in [0.1, 0.15) is 11.8 Å². The van der Waals surface area contributed by atoms with E-state index in [4.69, 9.17) is 10.5 Å². The summed E-state index contributed by atoms with van der Waals surface area (Å²) in [6.07, 6.45) is 2.13. The minimum atomic E-state index is 0.418. The zero-order chi connectivity index (χ0) is 9.52. The standard InChI is InChI=1S/C9H7N3S/c10-3-1-5-13-9-2-4-12-8(6-9)7-11/h2,4,6H,1,5H2. The van der Waals surface area contributed by atoms with Gasteiger partial charge in [-0.25, -0.2) is 4.98 Å². The zero-order valence-corrected chi connectivity index (χ0v) is 7.71. The van der Waals surface area contributed by atoms with E-state index in [0.717, 1.165) is 10.6 Å². The average molecular weight is 189 g/mol. The van der Waals surface area contributed by atoms with E-state index in [1.54, 1.807) is 24.0 Å². The Kier molecular flexibility index (Phi) is 3.81. The molecule has 3 nitrogen and oxygen atoms in total. The van der Waals surface area contributed by atoms with Crippen LogP contribution in [0.25, 0.3) is 0 Å². The lowest BCUT2D eigenvalue weighted by Crippen LogP contribution is -1.83. The molecule has 0 saturated heterocycles. The number of nitriles is 2. The number of aromatic nitrogens is 1. The Hall–Kier alpha value is -1.52. The van der Waals surface area contributed by atoms with Gasteiger partial charge in [0.05, 0.1) is 6.07 Å². The van der Waals surface area contributed by atoms with Gasteiger partial charge in [0.15, 0.2) is 0 Å². The van der Waals surface area contributed by atoms with Crippen molar-refractivity contribution in [1.82, 2.24) is 4.98 Å². The number of nitrogens with zero attached hydrogens (tertiary/aromatic N) is 3. The smallest absolute Gasteiger partial charge is 0.141 e. The maximum absolute atomic E-state index is 8.56. The second kappa shape index (κ2) is 5.18. The first-order valence-electron chi connectivity index (χ1n) is 3.72. The number of hydrogen-bond acceptors (Lipinski definition) is 4. The molecule has 0 N–H and O–H groups in total. The van der Waals surface area contributed by atoms with Crippen molar-refractivity contribution in [1.29, 1.82) is 10.5 Å². The molecule has 4 heteroatoms. The molecule has 1 aromatic rings. The van der Waals surface area contributed by atoms with Crippen LogP contribution in [-0.2, 0) is 0 Å². The van der Waals surface area contributed by atoms with Gasteiger partial charge in [-0.05, 0) is 12.1 Å². The van der Waals surface area contributed by atoms with Gasteiger partial charge in [0.25, 0.3) is 0 Å². The second-order valence-electron chi connectivity index (χ2n) is 2.25. The monoisotopic (exact) mass is 189 g/mol. The molecule has 0 amide bonds. The minimum absolute atomic E-state index is 0.418. The first-order chi connectivity index (χ1) is 6.36. The van der Waals surface area contributed by atoms with Crippen LogP contribution in [0.1, 0.15) is 12.1 Å². The highest BCUT2D eigenvalue weighted by molar-refractivity contribution is 7.99. The Morgan fingerprint density at radius 2 is 2.31 bits per heavy atom. The average Bonchev–Trinajstić information content (AvgIpc) is 2.19. The minimum Gasteiger partial charge on any atom is -0.245 e. The number of hydrogen-bond donors (Lipinski definition) is 0. The summed E-state index contributed by atoms with van der Waals surface area (Å²) in [4.78, 5) is 4.83. The van der Waals surface area contributed by atoms with E-state index in [1.807, 2.05) is 12.1 Å². The fourth-order valence-electron chi connectivity index (χ4n) is 0.777. The molecule has 1 heterocycles. The Bertz CT molecular complexity index is 362. The van der Waals surface area contributed by atoms with Crippen molar-refractivity contribution < 1.29 is 0 Å². The Morgan fingerprint density at radius 3 is 3.00 bits per heavy atom. The van der Waals surface area contributed by atoms with Crippen molar-refractivity contribution in [3.8, 4) is 12.1 Å². The van der Waals surface area contributed by atoms with Crippen molar-refractivity contribution in [2.75, 3.05) is 5.75 Å². The molecule has 0 spiro atoms. The third-order valence-corrected chi connectivity index (χ3v) is 2.32. The number of thioether (sulfide) groups is 1. The summed E-state index contributed by atoms with van der Waals surface area (Å²) < 4.78 is 0. The normalized spacial score (nSPS) is 8.77. The molecule has 0 saturated carbocycles. The van der Waals surface area contributed by atoms with Gasteiger partial charge in [0, 0.05) is 23.3 Å². The molecule has 0 aliphatic carbocycles. The predicted molar refractivity (Wildman–Crippen MR) is 49.9 cm³/mol. The van der Waals surface area contributed by atoms with Crippen LogP contribution in [-0.4, -0.2) is 10.7 Å². The highest BCUT2D eigenvalue weighted by atomic mass is 32.2. The molecule has 13 heavy (non-hydrogen) atoms. The first kappa shape index (κ1) is 9.57. The van der Waals surface area contributed by atoms with Crippen molar-refractivity contribution in [3.63, 3.8) is 0 Å². The largest absolute Gasteiger partial charge is 0.245 e. The molecule has 64 valence electrons. The molecule has 0 radical (unpaired) electrons. The van der Waals surface area contributed by atoms with E-state index >= 15 is 0 Å². The number of rotatable bonds is 3. The van der Waals surface area contributed by atoms with Crippen LogP contribution in [0.2, 0.25) is 0 Å². The van der Waals surface area contributed by atoms with Gasteiger partial charge in [-0.2, -0.15) is 10.5 Å². The van der Waals surface area contributed by atoms with Gasteiger partial charge in [-0.1, -0.05) is 0 Å². The lowest BCUT2D eigenvalue weighted by Gasteiger charge is -1.97. The Balaban J connectivity index is 2.59. The van der Waals surface area contributed by atoms with Crippen LogP contribution in [0.3, 0.4) is 0 Å². The van der Waals surface area contributed by atoms with Gasteiger partial charge in [-0.3, -0.25) is 0 Å². The summed E-state index contributed by atoms with van der Waals surface area (Å²) in [7, 11) is 0. The Labute approximate surface area is 81.0 Å². The Morgan fingerprint density at radius 1 is 1.46 bits per heavy atom. The van der Waals surface area contributed by atoms with E-state index in [-0.39, 0.29) is 0 Å². The molecule has 0 unspecified atom stereocenters. The molecule has 0 aliphatic rings. The molecule has 1 aromatic heterocycles. The third kappa shape index (κ3) is 3.14. The molecule has 0 fully saturated rings. The first-order valence-corrected chi connectivity index (χ1v) is 4.71. The summed E-state index contributed by atoms with van der Waals surface area (Å²) >= 11 is 1.56. The zero-order valence-electron chi connectivity index (χ0n) is 6.90. The summed E-state index contributed by atoms with van der Waals surface area (Å²) in [5, 5.41) is 16.9. The van der Waals surface area contributed by atoms with Gasteiger partial charge >= 0.3 is 0 Å². The van der Waals surface area contributed by atoms with Crippen LogP contribution in [0.15, 0.2) is 23.2 Å². The van der Waals surface area contributed by atoms with Crippen LogP contribution in [0.4, 0.5) is 0 Å². The van der Waals surface area contributed by atoms with Crippen molar-refractivity contribution in [2.24, 2.45) is 0 Å². The lowest BCUT2D eigenvalue weighted by atomic mass is 10.4. The van der Waals surface area contributed by atoms with E-state index in [2.05, 4.69) is 11.1 Å². The molecule has 0 atom stereocenters. The summed E-state index contributed by atoms with van der Waals surface area (Å²) in [6, 6.07) is 7.59. The second-order valence-corrected chi connectivity index (χ2v) is 3.41. The SMILES string of the molecule is N#CCCSc1ccnc(C#N)c1. The van der Waals surface area contributed by atoms with Crippen LogP contribution in [0, 0.1) is 22.7 Å². The van der Waals surface area contributed by atoms with E-state index in [9.17, 15) is 0 Å². The highest BCUT2D eigenvalue weighted by Gasteiger charge is 1.96. The van der Waals surface area contributed by atoms with Gasteiger partial charge in [0.2, 0.25) is 0 Å². The molecular weight excluding hydrogens is 182 g/mol. The molecule has 0 aliphatic heterocycles. The molecular formula is C9H7N3S. The molecule has 1 rings (SSSR count). The molecule has 0 aromatic carbocycles. The fraction of sp³-hybridized carbons (Fsp3) is 0.222. The van der Waals surface area contributed by atoms with Crippen LogP contribution in [0.5, 0.6) is 0 Å². The van der Waals surface area contributed by atoms with E-state index in [1.165, 1.54) is 0 Å². The van der Waals surface area contributed by atoms with Crippen molar-refractivity contribution in [2.45, 2.75) is 11.3 Å². The lowest BCUT2D eigenvalue weighted by molar-refractivity contribution is 1.20. The summed E-state index contributed by atoms with van der Waals surface area (Å²) in [5.74, 6) is 0.755. The summed E-state index contributed by atoms with van der Waals surface area (Å²) in [5.41, 5.74) is 0.418. The predicted octanol–water partition coefficient (Wildman–Crippen LogP) is 1.96. The maximum atomic E-state index is 8.56. The quantitative estimate of drug-likeness (QED) is 0.538. The van der Waals surface area contributed by atoms with E-state index in [0.29, 0.717) is 12.1 Å². The van der Waals surface area contributed by atoms with Gasteiger partial charge in [-0.15, -0.1) is 11.8 Å². The highest BCUT2D eigenvalue weighted by Crippen LogP contribution is 2.18. The summed E-state index contributed by atoms with van der Waals surface area (Å²) in [6.45, 7) is 0. The van der Waals surface area contributed by atoms with Gasteiger partial charge < -0.3 is 0 Å². The van der Waals surface area contributed by atoms with Crippen LogP contribution < -0.4 is 0 Å². The van der Waals surface area contributed by atoms with Crippen molar-refractivity contribution >= 4 is 11.8 Å².